The first-order chi connectivity index (χ1) is 13.0. The number of amides is 1. The lowest BCUT2D eigenvalue weighted by atomic mass is 10.0. The van der Waals surface area contributed by atoms with Crippen LogP contribution in [-0.4, -0.2) is 52.0 Å². The van der Waals surface area contributed by atoms with Crippen LogP contribution in [0.25, 0.3) is 0 Å². The van der Waals surface area contributed by atoms with Crippen LogP contribution >= 0.6 is 0 Å². The number of likely N-dealkylation sites (tertiary alicyclic amines) is 1. The SMILES string of the molecule is COc1cncc(OC2CCCN(C(=O)c3cccc([N+](=O)[O-])c3C)C2)n1. The summed E-state index contributed by atoms with van der Waals surface area (Å²) in [5.41, 5.74) is 0.651. The van der Waals surface area contributed by atoms with Crippen molar-refractivity contribution in [3.8, 4) is 11.8 Å². The summed E-state index contributed by atoms with van der Waals surface area (Å²) in [5.74, 6) is 0.449. The minimum absolute atomic E-state index is 0.0580. The molecule has 1 atom stereocenters. The molecule has 1 unspecified atom stereocenters. The molecule has 1 amide bonds. The second kappa shape index (κ2) is 7.98. The molecule has 1 aromatic heterocycles. The number of benzene rings is 1. The maximum atomic E-state index is 12.9. The van der Waals surface area contributed by atoms with Gasteiger partial charge in [0.1, 0.15) is 6.10 Å². The van der Waals surface area contributed by atoms with E-state index in [9.17, 15) is 14.9 Å². The number of methoxy groups -OCH3 is 1. The molecule has 27 heavy (non-hydrogen) atoms. The van der Waals surface area contributed by atoms with Gasteiger partial charge in [-0.2, -0.15) is 4.98 Å². The highest BCUT2D eigenvalue weighted by molar-refractivity contribution is 5.96. The number of aromatic nitrogens is 2. The fourth-order valence-corrected chi connectivity index (χ4v) is 3.10. The zero-order valence-corrected chi connectivity index (χ0v) is 15.1. The monoisotopic (exact) mass is 372 g/mol. The van der Waals surface area contributed by atoms with Crippen molar-refractivity contribution in [3.63, 3.8) is 0 Å². The van der Waals surface area contributed by atoms with Crippen molar-refractivity contribution in [2.24, 2.45) is 0 Å². The summed E-state index contributed by atoms with van der Waals surface area (Å²) < 4.78 is 10.9. The fourth-order valence-electron chi connectivity index (χ4n) is 3.10. The maximum absolute atomic E-state index is 12.9. The zero-order chi connectivity index (χ0) is 19.4. The fraction of sp³-hybridized carbons (Fsp3) is 0.389. The molecule has 1 fully saturated rings. The lowest BCUT2D eigenvalue weighted by Crippen LogP contribution is -2.44. The number of carbonyl (C=O) groups excluding carboxylic acids is 1. The largest absolute Gasteiger partial charge is 0.480 e. The van der Waals surface area contributed by atoms with E-state index >= 15 is 0 Å². The number of hydrogen-bond acceptors (Lipinski definition) is 7. The highest BCUT2D eigenvalue weighted by Crippen LogP contribution is 2.24. The molecule has 0 spiro atoms. The van der Waals surface area contributed by atoms with Crippen LogP contribution in [0, 0.1) is 17.0 Å². The average Bonchev–Trinajstić information content (AvgIpc) is 2.68. The third-order valence-electron chi connectivity index (χ3n) is 4.48. The van der Waals surface area contributed by atoms with Crippen LogP contribution in [0.1, 0.15) is 28.8 Å². The molecule has 0 bridgehead atoms. The van der Waals surface area contributed by atoms with Crippen LogP contribution in [0.2, 0.25) is 0 Å². The second-order valence-corrected chi connectivity index (χ2v) is 6.24. The normalized spacial score (nSPS) is 16.7. The van der Waals surface area contributed by atoms with Gasteiger partial charge in [0.15, 0.2) is 0 Å². The topological polar surface area (TPSA) is 108 Å². The van der Waals surface area contributed by atoms with E-state index in [1.54, 1.807) is 17.9 Å². The summed E-state index contributed by atoms with van der Waals surface area (Å²) in [5, 5.41) is 11.1. The number of nitro benzene ring substituents is 1. The Morgan fingerprint density at radius 1 is 1.33 bits per heavy atom. The molecule has 2 aromatic rings. The Bertz CT molecular complexity index is 857. The van der Waals surface area contributed by atoms with Crippen LogP contribution in [-0.2, 0) is 0 Å². The Morgan fingerprint density at radius 2 is 2.11 bits per heavy atom. The molecule has 1 aliphatic rings. The van der Waals surface area contributed by atoms with Crippen LogP contribution in [0.4, 0.5) is 5.69 Å². The number of ether oxygens (including phenoxy) is 2. The van der Waals surface area contributed by atoms with E-state index in [1.807, 2.05) is 0 Å². The number of carbonyl (C=O) groups is 1. The third-order valence-corrected chi connectivity index (χ3v) is 4.48. The summed E-state index contributed by atoms with van der Waals surface area (Å²) in [6, 6.07) is 4.54. The van der Waals surface area contributed by atoms with Crippen LogP contribution in [0.5, 0.6) is 11.8 Å². The van der Waals surface area contributed by atoms with Crippen molar-refractivity contribution in [1.29, 1.82) is 0 Å². The van der Waals surface area contributed by atoms with E-state index < -0.39 is 4.92 Å². The number of hydrogen-bond donors (Lipinski definition) is 0. The third kappa shape index (κ3) is 4.13. The van der Waals surface area contributed by atoms with Gasteiger partial charge >= 0.3 is 0 Å². The Morgan fingerprint density at radius 3 is 2.85 bits per heavy atom. The molecule has 0 N–H and O–H groups in total. The van der Waals surface area contributed by atoms with Crippen molar-refractivity contribution in [2.75, 3.05) is 20.2 Å². The predicted molar refractivity (Wildman–Crippen MR) is 96.0 cm³/mol. The van der Waals surface area contributed by atoms with Gasteiger partial charge in [-0.1, -0.05) is 6.07 Å². The number of piperidine rings is 1. The molecule has 0 saturated carbocycles. The molecule has 1 aromatic carbocycles. The smallest absolute Gasteiger partial charge is 0.273 e. The molecule has 9 nitrogen and oxygen atoms in total. The molecule has 0 aliphatic carbocycles. The number of rotatable bonds is 5. The molecule has 142 valence electrons. The standard InChI is InChI=1S/C18H20N4O5/c1-12-14(6-3-7-15(12)22(24)25)18(23)21-8-4-5-13(11-21)27-17-10-19-9-16(20-17)26-2/h3,6-7,9-10,13H,4-5,8,11H2,1-2H3. The highest BCUT2D eigenvalue weighted by Gasteiger charge is 2.28. The van der Waals surface area contributed by atoms with Gasteiger partial charge < -0.3 is 14.4 Å². The first kappa shape index (κ1) is 18.6. The van der Waals surface area contributed by atoms with E-state index in [-0.39, 0.29) is 17.7 Å². The lowest BCUT2D eigenvalue weighted by molar-refractivity contribution is -0.385. The molecular formula is C18H20N4O5. The second-order valence-electron chi connectivity index (χ2n) is 6.24. The summed E-state index contributed by atoms with van der Waals surface area (Å²) >= 11 is 0. The molecule has 9 heteroatoms. The summed E-state index contributed by atoms with van der Waals surface area (Å²) in [6.45, 7) is 2.54. The summed E-state index contributed by atoms with van der Waals surface area (Å²) in [4.78, 5) is 33.4. The summed E-state index contributed by atoms with van der Waals surface area (Å²) in [6.07, 6.45) is 4.28. The average molecular weight is 372 g/mol. The Hall–Kier alpha value is -3.23. The molecule has 3 rings (SSSR count). The van der Waals surface area contributed by atoms with Crippen LogP contribution in [0.15, 0.2) is 30.6 Å². The van der Waals surface area contributed by atoms with Crippen molar-refractivity contribution in [2.45, 2.75) is 25.9 Å². The Kier molecular flexibility index (Phi) is 5.49. The highest BCUT2D eigenvalue weighted by atomic mass is 16.6. The minimum Gasteiger partial charge on any atom is -0.480 e. The van der Waals surface area contributed by atoms with Gasteiger partial charge in [0.25, 0.3) is 11.6 Å². The van der Waals surface area contributed by atoms with Gasteiger partial charge in [-0.25, -0.2) is 0 Å². The quantitative estimate of drug-likeness (QED) is 0.586. The maximum Gasteiger partial charge on any atom is 0.273 e. The van der Waals surface area contributed by atoms with E-state index in [2.05, 4.69) is 9.97 Å². The molecule has 1 aliphatic heterocycles. The first-order valence-corrected chi connectivity index (χ1v) is 8.55. The summed E-state index contributed by atoms with van der Waals surface area (Å²) in [7, 11) is 1.50. The van der Waals surface area contributed by atoms with Crippen molar-refractivity contribution < 1.29 is 19.2 Å². The first-order valence-electron chi connectivity index (χ1n) is 8.55. The molecular weight excluding hydrogens is 352 g/mol. The van der Waals surface area contributed by atoms with Gasteiger partial charge in [0, 0.05) is 23.7 Å². The van der Waals surface area contributed by atoms with Crippen molar-refractivity contribution >= 4 is 11.6 Å². The minimum atomic E-state index is -0.476. The predicted octanol–water partition coefficient (Wildman–Crippen LogP) is 2.39. The Labute approximate surface area is 156 Å². The zero-order valence-electron chi connectivity index (χ0n) is 15.1. The van der Waals surface area contributed by atoms with Crippen LogP contribution < -0.4 is 9.47 Å². The van der Waals surface area contributed by atoms with Gasteiger partial charge in [-0.3, -0.25) is 19.9 Å². The van der Waals surface area contributed by atoms with Gasteiger partial charge in [0.05, 0.1) is 31.0 Å². The number of nitro groups is 1. The van der Waals surface area contributed by atoms with E-state index in [0.717, 1.165) is 12.8 Å². The van der Waals surface area contributed by atoms with Crippen LogP contribution in [0.3, 0.4) is 0 Å². The lowest BCUT2D eigenvalue weighted by Gasteiger charge is -2.32. The van der Waals surface area contributed by atoms with Gasteiger partial charge in [-0.15, -0.1) is 0 Å². The molecule has 0 radical (unpaired) electrons. The number of nitrogens with zero attached hydrogens (tertiary/aromatic N) is 4. The van der Waals surface area contributed by atoms with Gasteiger partial charge in [-0.05, 0) is 25.8 Å². The van der Waals surface area contributed by atoms with E-state index in [4.69, 9.17) is 9.47 Å². The molecule has 2 heterocycles. The van der Waals surface area contributed by atoms with E-state index in [1.165, 1.54) is 31.6 Å². The Balaban J connectivity index is 1.73. The molecule has 1 saturated heterocycles. The van der Waals surface area contributed by atoms with Crippen molar-refractivity contribution in [1.82, 2.24) is 14.9 Å². The van der Waals surface area contributed by atoms with Gasteiger partial charge in [0.2, 0.25) is 11.8 Å². The van der Waals surface area contributed by atoms with E-state index in [0.29, 0.717) is 36.0 Å². The van der Waals surface area contributed by atoms with Crippen molar-refractivity contribution in [3.05, 3.63) is 51.8 Å².